The number of hydrogen-bond donors (Lipinski definition) is 2. The summed E-state index contributed by atoms with van der Waals surface area (Å²) in [4.78, 5) is 22.6. The summed E-state index contributed by atoms with van der Waals surface area (Å²) in [5.41, 5.74) is -1.40. The molecule has 0 aliphatic carbocycles. The lowest BCUT2D eigenvalue weighted by atomic mass is 9.92. The fourth-order valence-electron chi connectivity index (χ4n) is 1.57. The van der Waals surface area contributed by atoms with Crippen molar-refractivity contribution in [1.82, 2.24) is 5.32 Å². The maximum Gasteiger partial charge on any atom is 0.318 e. The summed E-state index contributed by atoms with van der Waals surface area (Å²) in [6.45, 7) is 5.35. The zero-order valence-corrected chi connectivity index (χ0v) is 9.95. The second kappa shape index (κ2) is 4.82. The first-order valence-corrected chi connectivity index (χ1v) is 5.51. The number of amides is 1. The van der Waals surface area contributed by atoms with Gasteiger partial charge in [0.15, 0.2) is 0 Å². The summed E-state index contributed by atoms with van der Waals surface area (Å²) >= 11 is 0. The van der Waals surface area contributed by atoms with Crippen LogP contribution in [0.1, 0.15) is 33.6 Å². The monoisotopic (exact) mass is 229 g/mol. The summed E-state index contributed by atoms with van der Waals surface area (Å²) in [7, 11) is 0. The molecular weight excluding hydrogens is 210 g/mol. The number of aliphatic carboxylic acids is 1. The first-order chi connectivity index (χ1) is 7.35. The molecule has 16 heavy (non-hydrogen) atoms. The summed E-state index contributed by atoms with van der Waals surface area (Å²) < 4.78 is 5.43. The van der Waals surface area contributed by atoms with Crippen molar-refractivity contribution in [3.05, 3.63) is 0 Å². The minimum Gasteiger partial charge on any atom is -0.480 e. The number of carbonyl (C=O) groups is 2. The van der Waals surface area contributed by atoms with E-state index in [0.29, 0.717) is 6.61 Å². The van der Waals surface area contributed by atoms with Gasteiger partial charge in [0.05, 0.1) is 12.1 Å². The van der Waals surface area contributed by atoms with Crippen molar-refractivity contribution >= 4 is 11.9 Å². The topological polar surface area (TPSA) is 75.6 Å². The van der Waals surface area contributed by atoms with Gasteiger partial charge in [0.2, 0.25) is 5.91 Å². The fourth-order valence-corrected chi connectivity index (χ4v) is 1.57. The zero-order valence-electron chi connectivity index (χ0n) is 9.95. The molecule has 1 heterocycles. The van der Waals surface area contributed by atoms with Gasteiger partial charge in [-0.3, -0.25) is 9.59 Å². The van der Waals surface area contributed by atoms with Crippen LogP contribution < -0.4 is 5.32 Å². The molecule has 0 saturated carbocycles. The van der Waals surface area contributed by atoms with Crippen molar-refractivity contribution in [2.24, 2.45) is 5.41 Å². The van der Waals surface area contributed by atoms with Gasteiger partial charge in [-0.2, -0.15) is 0 Å². The van der Waals surface area contributed by atoms with Crippen LogP contribution in [0.4, 0.5) is 0 Å². The van der Waals surface area contributed by atoms with E-state index >= 15 is 0 Å². The lowest BCUT2D eigenvalue weighted by Gasteiger charge is -2.25. The van der Waals surface area contributed by atoms with Crippen LogP contribution in [0.25, 0.3) is 0 Å². The average molecular weight is 229 g/mol. The molecule has 0 aromatic rings. The second-order valence-electron chi connectivity index (χ2n) is 4.74. The highest BCUT2D eigenvalue weighted by atomic mass is 16.5. The summed E-state index contributed by atoms with van der Waals surface area (Å²) in [6.07, 6.45) is 1.91. The van der Waals surface area contributed by atoms with Gasteiger partial charge in [-0.1, -0.05) is 0 Å². The van der Waals surface area contributed by atoms with Crippen LogP contribution in [0.3, 0.4) is 0 Å². The Labute approximate surface area is 95.2 Å². The molecule has 1 saturated heterocycles. The number of hydrogen-bond acceptors (Lipinski definition) is 3. The minimum atomic E-state index is -1.40. The van der Waals surface area contributed by atoms with Gasteiger partial charge in [0.1, 0.15) is 5.41 Å². The SMILES string of the molecule is CC(NC(=O)C(C)(C)C(=O)O)C1CCCO1. The number of carboxylic acids is 1. The molecule has 0 radical (unpaired) electrons. The molecule has 2 atom stereocenters. The van der Waals surface area contributed by atoms with Gasteiger partial charge in [-0.15, -0.1) is 0 Å². The first-order valence-electron chi connectivity index (χ1n) is 5.51. The molecule has 1 aliphatic rings. The van der Waals surface area contributed by atoms with Crippen molar-refractivity contribution in [2.75, 3.05) is 6.61 Å². The summed E-state index contributed by atoms with van der Waals surface area (Å²) in [6, 6.07) is -0.145. The van der Waals surface area contributed by atoms with Crippen LogP contribution in [0.15, 0.2) is 0 Å². The Morgan fingerprint density at radius 1 is 1.50 bits per heavy atom. The molecule has 5 nitrogen and oxygen atoms in total. The first kappa shape index (κ1) is 13.0. The Morgan fingerprint density at radius 3 is 2.56 bits per heavy atom. The summed E-state index contributed by atoms with van der Waals surface area (Å²) in [5, 5.41) is 11.6. The molecule has 0 spiro atoms. The van der Waals surface area contributed by atoms with Gasteiger partial charge in [-0.05, 0) is 33.6 Å². The standard InChI is InChI=1S/C11H19NO4/c1-7(8-5-4-6-16-8)12-9(13)11(2,3)10(14)15/h7-8H,4-6H2,1-3H3,(H,12,13)(H,14,15). The highest BCUT2D eigenvalue weighted by molar-refractivity contribution is 6.01. The molecular formula is C11H19NO4. The van der Waals surface area contributed by atoms with Crippen molar-refractivity contribution in [2.45, 2.75) is 45.8 Å². The van der Waals surface area contributed by atoms with Gasteiger partial charge < -0.3 is 15.2 Å². The maximum absolute atomic E-state index is 11.7. The van der Waals surface area contributed by atoms with Crippen molar-refractivity contribution in [3.63, 3.8) is 0 Å². The van der Waals surface area contributed by atoms with E-state index in [1.54, 1.807) is 0 Å². The molecule has 1 fully saturated rings. The molecule has 1 aliphatic heterocycles. The highest BCUT2D eigenvalue weighted by Crippen LogP contribution is 2.19. The highest BCUT2D eigenvalue weighted by Gasteiger charge is 2.37. The van der Waals surface area contributed by atoms with Crippen molar-refractivity contribution < 1.29 is 19.4 Å². The van der Waals surface area contributed by atoms with E-state index in [1.165, 1.54) is 13.8 Å². The quantitative estimate of drug-likeness (QED) is 0.698. The predicted octanol–water partition coefficient (Wildman–Crippen LogP) is 0.781. The fraction of sp³-hybridized carbons (Fsp3) is 0.818. The molecule has 0 aromatic heterocycles. The van der Waals surface area contributed by atoms with Crippen molar-refractivity contribution in [3.8, 4) is 0 Å². The zero-order chi connectivity index (χ0) is 12.3. The van der Waals surface area contributed by atoms with Crippen LogP contribution in [0, 0.1) is 5.41 Å². The Hall–Kier alpha value is -1.10. The number of ether oxygens (including phenoxy) is 1. The third kappa shape index (κ3) is 2.72. The van der Waals surface area contributed by atoms with Crippen LogP contribution >= 0.6 is 0 Å². The smallest absolute Gasteiger partial charge is 0.318 e. The molecule has 0 bridgehead atoms. The Balaban J connectivity index is 2.53. The molecule has 5 heteroatoms. The second-order valence-corrected chi connectivity index (χ2v) is 4.74. The predicted molar refractivity (Wildman–Crippen MR) is 58.0 cm³/mol. The van der Waals surface area contributed by atoms with Gasteiger partial charge in [0.25, 0.3) is 0 Å². The molecule has 1 rings (SSSR count). The van der Waals surface area contributed by atoms with E-state index in [2.05, 4.69) is 5.32 Å². The molecule has 2 N–H and O–H groups in total. The van der Waals surface area contributed by atoms with Crippen molar-refractivity contribution in [1.29, 1.82) is 0 Å². The average Bonchev–Trinajstić information content (AvgIpc) is 2.69. The number of rotatable bonds is 4. The van der Waals surface area contributed by atoms with E-state index in [9.17, 15) is 9.59 Å². The molecule has 1 amide bonds. The van der Waals surface area contributed by atoms with E-state index < -0.39 is 17.3 Å². The largest absolute Gasteiger partial charge is 0.480 e. The third-order valence-electron chi connectivity index (χ3n) is 2.98. The number of carboxylic acid groups (broad SMARTS) is 1. The third-order valence-corrected chi connectivity index (χ3v) is 2.98. The molecule has 92 valence electrons. The van der Waals surface area contributed by atoms with Crippen LogP contribution in [-0.4, -0.2) is 35.7 Å². The minimum absolute atomic E-state index is 0.00791. The summed E-state index contributed by atoms with van der Waals surface area (Å²) in [5.74, 6) is -1.59. The van der Waals surface area contributed by atoms with Crippen LogP contribution in [-0.2, 0) is 14.3 Å². The Bertz CT molecular complexity index is 282. The van der Waals surface area contributed by atoms with Gasteiger partial charge in [0, 0.05) is 6.61 Å². The van der Waals surface area contributed by atoms with Gasteiger partial charge in [-0.25, -0.2) is 0 Å². The lowest BCUT2D eigenvalue weighted by molar-refractivity contribution is -0.153. The van der Waals surface area contributed by atoms with E-state index in [4.69, 9.17) is 9.84 Å². The van der Waals surface area contributed by atoms with E-state index in [0.717, 1.165) is 12.8 Å². The normalized spacial score (nSPS) is 22.8. The molecule has 2 unspecified atom stereocenters. The lowest BCUT2D eigenvalue weighted by Crippen LogP contribution is -2.49. The number of nitrogens with one attached hydrogen (secondary N) is 1. The Morgan fingerprint density at radius 2 is 2.12 bits per heavy atom. The van der Waals surface area contributed by atoms with Crippen LogP contribution in [0.2, 0.25) is 0 Å². The van der Waals surface area contributed by atoms with Gasteiger partial charge >= 0.3 is 5.97 Å². The van der Waals surface area contributed by atoms with E-state index in [-0.39, 0.29) is 12.1 Å². The molecule has 0 aromatic carbocycles. The Kier molecular flexibility index (Phi) is 3.91. The van der Waals surface area contributed by atoms with Crippen LogP contribution in [0.5, 0.6) is 0 Å². The number of carbonyl (C=O) groups excluding carboxylic acids is 1. The maximum atomic E-state index is 11.7. The van der Waals surface area contributed by atoms with E-state index in [1.807, 2.05) is 6.92 Å².